The summed E-state index contributed by atoms with van der Waals surface area (Å²) >= 11 is 3.41. The van der Waals surface area contributed by atoms with Crippen molar-refractivity contribution in [2.24, 2.45) is 0 Å². The van der Waals surface area contributed by atoms with Crippen molar-refractivity contribution in [3.05, 3.63) is 40.6 Å². The van der Waals surface area contributed by atoms with Gasteiger partial charge in [-0.15, -0.1) is 0 Å². The van der Waals surface area contributed by atoms with Crippen molar-refractivity contribution in [3.8, 4) is 17.1 Å². The molecule has 0 saturated heterocycles. The summed E-state index contributed by atoms with van der Waals surface area (Å²) in [6.45, 7) is 1.91. The van der Waals surface area contributed by atoms with Crippen molar-refractivity contribution in [2.75, 3.05) is 7.11 Å². The topological polar surface area (TPSA) is 42.6 Å². The number of hydrogen-bond acceptors (Lipinski definition) is 3. The molecule has 0 aliphatic carbocycles. The van der Waals surface area contributed by atoms with Crippen LogP contribution in [0.4, 0.5) is 0 Å². The third-order valence-electron chi connectivity index (χ3n) is 2.78. The van der Waals surface area contributed by atoms with Crippen LogP contribution >= 0.6 is 15.9 Å². The Morgan fingerprint density at radius 2 is 2.11 bits per heavy atom. The fourth-order valence-electron chi connectivity index (χ4n) is 1.70. The van der Waals surface area contributed by atoms with Crippen molar-refractivity contribution in [3.63, 3.8) is 0 Å². The molecule has 0 fully saturated rings. The summed E-state index contributed by atoms with van der Waals surface area (Å²) in [5.74, 6) is 2.07. The minimum Gasteiger partial charge on any atom is -0.496 e. The molecule has 1 aromatic carbocycles. The summed E-state index contributed by atoms with van der Waals surface area (Å²) in [5, 5.41) is 9.71. The van der Waals surface area contributed by atoms with Crippen LogP contribution in [0.15, 0.2) is 39.2 Å². The number of furan rings is 1. The first-order chi connectivity index (χ1) is 8.65. The highest BCUT2D eigenvalue weighted by Gasteiger charge is 2.12. The summed E-state index contributed by atoms with van der Waals surface area (Å²) in [5.41, 5.74) is 0.921. The van der Waals surface area contributed by atoms with Gasteiger partial charge in [-0.3, -0.25) is 0 Å². The molecule has 2 aromatic rings. The Labute approximate surface area is 115 Å². The van der Waals surface area contributed by atoms with Crippen LogP contribution in [-0.2, 0) is 0 Å². The van der Waals surface area contributed by atoms with E-state index in [1.807, 2.05) is 31.2 Å². The maximum absolute atomic E-state index is 9.71. The molecule has 96 valence electrons. The van der Waals surface area contributed by atoms with Gasteiger partial charge in [0.25, 0.3) is 0 Å². The predicted molar refractivity (Wildman–Crippen MR) is 73.6 cm³/mol. The lowest BCUT2D eigenvalue weighted by Crippen LogP contribution is -1.91. The number of ether oxygens (including phenoxy) is 1. The predicted octanol–water partition coefficient (Wildman–Crippen LogP) is 4.16. The molecule has 18 heavy (non-hydrogen) atoms. The number of aliphatic hydroxyl groups is 1. The van der Waals surface area contributed by atoms with Crippen molar-refractivity contribution < 1.29 is 14.3 Å². The maximum atomic E-state index is 9.71. The Morgan fingerprint density at radius 3 is 2.78 bits per heavy atom. The molecule has 0 aliphatic heterocycles. The maximum Gasteiger partial charge on any atom is 0.134 e. The van der Waals surface area contributed by atoms with E-state index in [1.54, 1.807) is 13.2 Å². The van der Waals surface area contributed by atoms with Crippen molar-refractivity contribution in [1.29, 1.82) is 0 Å². The number of aliphatic hydroxyl groups excluding tert-OH is 1. The molecule has 1 atom stereocenters. The van der Waals surface area contributed by atoms with E-state index >= 15 is 0 Å². The second-order valence-corrected chi connectivity index (χ2v) is 4.83. The highest BCUT2D eigenvalue weighted by atomic mass is 79.9. The van der Waals surface area contributed by atoms with E-state index in [4.69, 9.17) is 9.15 Å². The summed E-state index contributed by atoms with van der Waals surface area (Å²) in [6, 6.07) is 9.40. The normalized spacial score (nSPS) is 12.4. The first kappa shape index (κ1) is 13.2. The van der Waals surface area contributed by atoms with Crippen LogP contribution in [0.3, 0.4) is 0 Å². The fraction of sp³-hybridized carbons (Fsp3) is 0.286. The third-order valence-corrected chi connectivity index (χ3v) is 3.43. The molecule has 1 aromatic heterocycles. The van der Waals surface area contributed by atoms with Gasteiger partial charge in [0.2, 0.25) is 0 Å². The molecule has 4 heteroatoms. The summed E-state index contributed by atoms with van der Waals surface area (Å²) in [4.78, 5) is 0. The number of benzene rings is 1. The lowest BCUT2D eigenvalue weighted by atomic mass is 10.1. The van der Waals surface area contributed by atoms with Crippen molar-refractivity contribution in [2.45, 2.75) is 19.4 Å². The minimum atomic E-state index is -0.545. The Balaban J connectivity index is 2.34. The first-order valence-electron chi connectivity index (χ1n) is 5.77. The molecule has 0 aliphatic rings. The molecule has 0 saturated carbocycles. The van der Waals surface area contributed by atoms with Gasteiger partial charge in [0.15, 0.2) is 0 Å². The van der Waals surface area contributed by atoms with Gasteiger partial charge in [-0.2, -0.15) is 0 Å². The highest BCUT2D eigenvalue weighted by Crippen LogP contribution is 2.32. The number of methoxy groups -OCH3 is 1. The number of halogens is 1. The standard InChI is InChI=1S/C14H15BrO3/c1-3-11(16)13-7-6-12(18-13)9-4-5-10(15)14(8-9)17-2/h4-8,11,16H,3H2,1-2H3. The minimum absolute atomic E-state index is 0.545. The van der Waals surface area contributed by atoms with Gasteiger partial charge < -0.3 is 14.3 Å². The zero-order valence-corrected chi connectivity index (χ0v) is 11.9. The number of rotatable bonds is 4. The van der Waals surface area contributed by atoms with Gasteiger partial charge in [0, 0.05) is 5.56 Å². The first-order valence-corrected chi connectivity index (χ1v) is 6.56. The highest BCUT2D eigenvalue weighted by molar-refractivity contribution is 9.10. The summed E-state index contributed by atoms with van der Waals surface area (Å²) < 4.78 is 11.8. The van der Waals surface area contributed by atoms with Crippen molar-refractivity contribution in [1.82, 2.24) is 0 Å². The second kappa shape index (κ2) is 5.59. The Bertz CT molecular complexity index is 534. The van der Waals surface area contributed by atoms with E-state index in [0.29, 0.717) is 12.2 Å². The fourth-order valence-corrected chi connectivity index (χ4v) is 2.11. The van der Waals surface area contributed by atoms with E-state index in [9.17, 15) is 5.11 Å². The molecule has 0 spiro atoms. The van der Waals surface area contributed by atoms with Crippen LogP contribution in [0.2, 0.25) is 0 Å². The van der Waals surface area contributed by atoms with Crippen LogP contribution in [0, 0.1) is 0 Å². The summed E-state index contributed by atoms with van der Waals surface area (Å²) in [7, 11) is 1.62. The second-order valence-electron chi connectivity index (χ2n) is 3.98. The van der Waals surface area contributed by atoms with Gasteiger partial charge >= 0.3 is 0 Å². The quantitative estimate of drug-likeness (QED) is 0.922. The van der Waals surface area contributed by atoms with Gasteiger partial charge in [0.1, 0.15) is 23.4 Å². The molecule has 0 radical (unpaired) electrons. The van der Waals surface area contributed by atoms with Crippen LogP contribution in [0.25, 0.3) is 11.3 Å². The van der Waals surface area contributed by atoms with Gasteiger partial charge in [-0.25, -0.2) is 0 Å². The molecule has 1 heterocycles. The molecule has 2 rings (SSSR count). The zero-order chi connectivity index (χ0) is 13.1. The third kappa shape index (κ3) is 2.60. The molecule has 0 amide bonds. The van der Waals surface area contributed by atoms with Crippen LogP contribution in [0.5, 0.6) is 5.75 Å². The van der Waals surface area contributed by atoms with Crippen LogP contribution in [-0.4, -0.2) is 12.2 Å². The van der Waals surface area contributed by atoms with Gasteiger partial charge in [-0.05, 0) is 52.7 Å². The monoisotopic (exact) mass is 310 g/mol. The molecule has 1 unspecified atom stereocenters. The van der Waals surface area contributed by atoms with E-state index < -0.39 is 6.10 Å². The van der Waals surface area contributed by atoms with Gasteiger partial charge in [0.05, 0.1) is 11.6 Å². The molecule has 0 bridgehead atoms. The molecule has 3 nitrogen and oxygen atoms in total. The number of hydrogen-bond donors (Lipinski definition) is 1. The molecular weight excluding hydrogens is 296 g/mol. The van der Waals surface area contributed by atoms with E-state index in [0.717, 1.165) is 21.5 Å². The average molecular weight is 311 g/mol. The van der Waals surface area contributed by atoms with Crippen molar-refractivity contribution >= 4 is 15.9 Å². The van der Waals surface area contributed by atoms with Crippen LogP contribution < -0.4 is 4.74 Å². The average Bonchev–Trinajstić information content (AvgIpc) is 2.88. The lowest BCUT2D eigenvalue weighted by Gasteiger charge is -2.06. The SMILES string of the molecule is CCC(O)c1ccc(-c2ccc(Br)c(OC)c2)o1. The molecular formula is C14H15BrO3. The van der Waals surface area contributed by atoms with E-state index in [2.05, 4.69) is 15.9 Å². The zero-order valence-electron chi connectivity index (χ0n) is 10.3. The Morgan fingerprint density at radius 1 is 1.33 bits per heavy atom. The van der Waals surface area contributed by atoms with E-state index in [-0.39, 0.29) is 0 Å². The summed E-state index contributed by atoms with van der Waals surface area (Å²) in [6.07, 6.45) is 0.0902. The Hall–Kier alpha value is -1.26. The Kier molecular flexibility index (Phi) is 4.09. The largest absolute Gasteiger partial charge is 0.496 e. The lowest BCUT2D eigenvalue weighted by molar-refractivity contribution is 0.147. The smallest absolute Gasteiger partial charge is 0.134 e. The van der Waals surface area contributed by atoms with Gasteiger partial charge in [-0.1, -0.05) is 6.92 Å². The van der Waals surface area contributed by atoms with Crippen LogP contribution in [0.1, 0.15) is 25.2 Å². The van der Waals surface area contributed by atoms with E-state index in [1.165, 1.54) is 0 Å². The molecule has 1 N–H and O–H groups in total.